The number of imidazole rings is 1. The molecule has 9 heteroatoms. The molecule has 0 saturated carbocycles. The summed E-state index contributed by atoms with van der Waals surface area (Å²) in [5.74, 6) is -0.865. The molecule has 0 unspecified atom stereocenters. The molecule has 1 amide bonds. The van der Waals surface area contributed by atoms with E-state index < -0.39 is 21.4 Å². The zero-order chi connectivity index (χ0) is 25.7. The maximum atomic E-state index is 14.3. The van der Waals surface area contributed by atoms with Crippen LogP contribution in [-0.2, 0) is 40.0 Å². The summed E-state index contributed by atoms with van der Waals surface area (Å²) in [4.78, 5) is 18.9. The first kappa shape index (κ1) is 25.4. The quantitative estimate of drug-likeness (QED) is 0.306. The number of amides is 1. The Kier molecular flexibility index (Phi) is 7.69. The van der Waals surface area contributed by atoms with Crippen LogP contribution >= 0.6 is 0 Å². The Morgan fingerprint density at radius 1 is 1.03 bits per heavy atom. The van der Waals surface area contributed by atoms with Crippen molar-refractivity contribution in [3.8, 4) is 0 Å². The van der Waals surface area contributed by atoms with Crippen molar-refractivity contribution in [1.29, 1.82) is 0 Å². The largest absolute Gasteiger partial charge is 0.467 e. The summed E-state index contributed by atoms with van der Waals surface area (Å²) in [5.41, 5.74) is 1.49. The number of sulfone groups is 1. The fourth-order valence-corrected chi connectivity index (χ4v) is 5.45. The highest BCUT2D eigenvalue weighted by Gasteiger charge is 2.27. The summed E-state index contributed by atoms with van der Waals surface area (Å²) in [7, 11) is -4.00. The predicted molar refractivity (Wildman–Crippen MR) is 133 cm³/mol. The van der Waals surface area contributed by atoms with E-state index in [1.807, 2.05) is 44.2 Å². The van der Waals surface area contributed by atoms with Gasteiger partial charge < -0.3 is 13.9 Å². The van der Waals surface area contributed by atoms with E-state index >= 15 is 0 Å². The number of benzene rings is 2. The van der Waals surface area contributed by atoms with Crippen LogP contribution in [0.4, 0.5) is 4.39 Å². The fourth-order valence-electron chi connectivity index (χ4n) is 3.95. The Hall–Kier alpha value is -3.72. The van der Waals surface area contributed by atoms with Gasteiger partial charge in [0.15, 0.2) is 0 Å². The van der Waals surface area contributed by atoms with Crippen LogP contribution in [0, 0.1) is 11.7 Å². The first-order valence-electron chi connectivity index (χ1n) is 11.6. The SMILES string of the molecule is CC(C)C(=O)N(Cc1ccco1)Cc1cnc(S(=O)(=O)Cc2ccccc2F)n1Cc1ccccc1. The van der Waals surface area contributed by atoms with Crippen LogP contribution in [0.3, 0.4) is 0 Å². The molecule has 0 atom stereocenters. The molecule has 2 heterocycles. The lowest BCUT2D eigenvalue weighted by molar-refractivity contribution is -0.136. The average Bonchev–Trinajstić information content (AvgIpc) is 3.51. The summed E-state index contributed by atoms with van der Waals surface area (Å²) < 4.78 is 48.1. The summed E-state index contributed by atoms with van der Waals surface area (Å²) >= 11 is 0. The molecule has 36 heavy (non-hydrogen) atoms. The smallest absolute Gasteiger partial charge is 0.228 e. The average molecular weight is 510 g/mol. The molecule has 0 aliphatic rings. The van der Waals surface area contributed by atoms with Gasteiger partial charge >= 0.3 is 0 Å². The van der Waals surface area contributed by atoms with E-state index in [2.05, 4.69) is 4.98 Å². The molecular weight excluding hydrogens is 481 g/mol. The first-order chi connectivity index (χ1) is 17.2. The van der Waals surface area contributed by atoms with Gasteiger partial charge in [0.05, 0.1) is 43.5 Å². The molecule has 188 valence electrons. The molecule has 0 fully saturated rings. The highest BCUT2D eigenvalue weighted by atomic mass is 32.2. The minimum atomic E-state index is -4.00. The van der Waals surface area contributed by atoms with Gasteiger partial charge in [0, 0.05) is 11.5 Å². The number of rotatable bonds is 10. The topological polar surface area (TPSA) is 85.4 Å². The molecule has 4 rings (SSSR count). The van der Waals surface area contributed by atoms with Gasteiger partial charge in [-0.15, -0.1) is 0 Å². The highest BCUT2D eigenvalue weighted by molar-refractivity contribution is 7.90. The number of carbonyl (C=O) groups excluding carboxylic acids is 1. The summed E-state index contributed by atoms with van der Waals surface area (Å²) in [6, 6.07) is 18.7. The third-order valence-corrected chi connectivity index (χ3v) is 7.33. The number of aromatic nitrogens is 2. The summed E-state index contributed by atoms with van der Waals surface area (Å²) in [6.45, 7) is 4.21. The highest BCUT2D eigenvalue weighted by Crippen LogP contribution is 2.23. The van der Waals surface area contributed by atoms with Crippen molar-refractivity contribution in [2.24, 2.45) is 5.92 Å². The number of nitrogens with zero attached hydrogens (tertiary/aromatic N) is 3. The van der Waals surface area contributed by atoms with Crippen molar-refractivity contribution in [3.63, 3.8) is 0 Å². The maximum Gasteiger partial charge on any atom is 0.228 e. The van der Waals surface area contributed by atoms with Crippen LogP contribution in [0.15, 0.2) is 88.8 Å². The lowest BCUT2D eigenvalue weighted by Crippen LogP contribution is -2.34. The van der Waals surface area contributed by atoms with Crippen LogP contribution in [0.25, 0.3) is 0 Å². The Labute approximate surface area is 210 Å². The van der Waals surface area contributed by atoms with Gasteiger partial charge in [-0.3, -0.25) is 4.79 Å². The third kappa shape index (κ3) is 5.91. The van der Waals surface area contributed by atoms with Gasteiger partial charge in [0.25, 0.3) is 0 Å². The maximum absolute atomic E-state index is 14.3. The molecule has 0 N–H and O–H groups in total. The van der Waals surface area contributed by atoms with Crippen LogP contribution in [-0.4, -0.2) is 28.8 Å². The van der Waals surface area contributed by atoms with E-state index in [-0.39, 0.29) is 42.2 Å². The predicted octanol–water partition coefficient (Wildman–Crippen LogP) is 4.82. The van der Waals surface area contributed by atoms with Crippen molar-refractivity contribution in [2.45, 2.75) is 44.4 Å². The van der Waals surface area contributed by atoms with Gasteiger partial charge in [0.1, 0.15) is 11.6 Å². The van der Waals surface area contributed by atoms with Crippen molar-refractivity contribution < 1.29 is 22.0 Å². The van der Waals surface area contributed by atoms with Gasteiger partial charge in [-0.1, -0.05) is 62.4 Å². The summed E-state index contributed by atoms with van der Waals surface area (Å²) in [6.07, 6.45) is 3.01. The van der Waals surface area contributed by atoms with Gasteiger partial charge in [-0.25, -0.2) is 17.8 Å². The number of hydrogen-bond acceptors (Lipinski definition) is 5. The lowest BCUT2D eigenvalue weighted by atomic mass is 10.1. The monoisotopic (exact) mass is 509 g/mol. The van der Waals surface area contributed by atoms with Crippen molar-refractivity contribution in [3.05, 3.63) is 108 Å². The Bertz CT molecular complexity index is 1410. The molecule has 0 radical (unpaired) electrons. The minimum absolute atomic E-state index is 0.0720. The van der Waals surface area contributed by atoms with E-state index in [0.29, 0.717) is 11.5 Å². The third-order valence-electron chi connectivity index (χ3n) is 5.75. The molecule has 0 saturated heterocycles. The van der Waals surface area contributed by atoms with E-state index in [4.69, 9.17) is 4.42 Å². The van der Waals surface area contributed by atoms with E-state index in [1.165, 1.54) is 24.4 Å². The van der Waals surface area contributed by atoms with E-state index in [1.54, 1.807) is 33.9 Å². The number of halogens is 1. The molecular formula is C27H28FN3O4S. The fraction of sp³-hybridized carbons (Fsp3) is 0.259. The number of furan rings is 1. The first-order valence-corrected chi connectivity index (χ1v) is 13.3. The normalized spacial score (nSPS) is 11.7. The van der Waals surface area contributed by atoms with Crippen molar-refractivity contribution >= 4 is 15.7 Å². The lowest BCUT2D eigenvalue weighted by Gasteiger charge is -2.24. The zero-order valence-corrected chi connectivity index (χ0v) is 21.0. The zero-order valence-electron chi connectivity index (χ0n) is 20.2. The van der Waals surface area contributed by atoms with Crippen molar-refractivity contribution in [1.82, 2.24) is 14.5 Å². The molecule has 0 spiro atoms. The van der Waals surface area contributed by atoms with E-state index in [9.17, 15) is 17.6 Å². The van der Waals surface area contributed by atoms with Gasteiger partial charge in [0.2, 0.25) is 20.9 Å². The molecule has 2 aromatic carbocycles. The Balaban J connectivity index is 1.73. The van der Waals surface area contributed by atoms with Gasteiger partial charge in [-0.05, 0) is 23.8 Å². The second-order valence-electron chi connectivity index (χ2n) is 8.88. The Morgan fingerprint density at radius 2 is 1.75 bits per heavy atom. The summed E-state index contributed by atoms with van der Waals surface area (Å²) in [5, 5.41) is -0.167. The Morgan fingerprint density at radius 3 is 2.42 bits per heavy atom. The van der Waals surface area contributed by atoms with Crippen molar-refractivity contribution in [2.75, 3.05) is 0 Å². The number of carbonyl (C=O) groups is 1. The molecule has 7 nitrogen and oxygen atoms in total. The second kappa shape index (κ2) is 10.9. The van der Waals surface area contributed by atoms with Crippen LogP contribution < -0.4 is 0 Å². The molecule has 0 aliphatic carbocycles. The van der Waals surface area contributed by atoms with Crippen LogP contribution in [0.2, 0.25) is 0 Å². The number of hydrogen-bond donors (Lipinski definition) is 0. The molecule has 4 aromatic rings. The minimum Gasteiger partial charge on any atom is -0.467 e. The van der Waals surface area contributed by atoms with Crippen LogP contribution in [0.5, 0.6) is 0 Å². The molecule has 2 aromatic heterocycles. The van der Waals surface area contributed by atoms with Gasteiger partial charge in [-0.2, -0.15) is 0 Å². The molecule has 0 bridgehead atoms. The van der Waals surface area contributed by atoms with E-state index in [0.717, 1.165) is 5.56 Å². The standard InChI is InChI=1S/C27H28FN3O4S/c1-20(2)26(32)30(18-24-12-8-14-35-24)17-23-15-29-27(31(23)16-21-9-4-3-5-10-21)36(33,34)19-22-11-6-7-13-25(22)28/h3-15,20H,16-19H2,1-2H3. The molecule has 0 aliphatic heterocycles. The van der Waals surface area contributed by atoms with Crippen LogP contribution in [0.1, 0.15) is 36.4 Å². The second-order valence-corrected chi connectivity index (χ2v) is 10.8.